The van der Waals surface area contributed by atoms with Gasteiger partial charge in [0, 0.05) is 44.7 Å². The number of hydrazone groups is 1. The third-order valence-corrected chi connectivity index (χ3v) is 7.98. The predicted octanol–water partition coefficient (Wildman–Crippen LogP) is 7.27. The molecule has 3 heterocycles. The summed E-state index contributed by atoms with van der Waals surface area (Å²) >= 11 is 13.8. The topological polar surface area (TPSA) is 78.4 Å². The number of halogens is 2. The summed E-state index contributed by atoms with van der Waals surface area (Å²) in [6.07, 6.45) is 1.15. The number of carbonyl (C=O) groups is 1. The average molecular weight is 574 g/mol. The number of para-hydroxylation sites is 1. The molecule has 6 rings (SSSR count). The van der Waals surface area contributed by atoms with E-state index < -0.39 is 0 Å². The molecular weight excluding hydrogens is 551 g/mol. The van der Waals surface area contributed by atoms with Crippen molar-refractivity contribution >= 4 is 57.1 Å². The molecule has 1 aliphatic heterocycles. The van der Waals surface area contributed by atoms with Crippen molar-refractivity contribution in [2.75, 3.05) is 0 Å². The second-order valence-corrected chi connectivity index (χ2v) is 10.9. The van der Waals surface area contributed by atoms with Crippen LogP contribution in [-0.2, 0) is 11.2 Å². The molecule has 0 saturated carbocycles. The number of hydrogen-bond donors (Lipinski definition) is 1. The van der Waals surface area contributed by atoms with Crippen LogP contribution in [0.3, 0.4) is 0 Å². The van der Waals surface area contributed by atoms with E-state index in [1.54, 1.807) is 29.8 Å². The van der Waals surface area contributed by atoms with Crippen molar-refractivity contribution in [1.82, 2.24) is 15.0 Å². The number of benzene rings is 3. The Morgan fingerprint density at radius 3 is 2.41 bits per heavy atom. The van der Waals surface area contributed by atoms with Crippen LogP contribution >= 0.6 is 34.5 Å². The van der Waals surface area contributed by atoms with Crippen LogP contribution in [0, 0.1) is 0 Å². The predicted molar refractivity (Wildman–Crippen MR) is 158 cm³/mol. The number of pyridine rings is 1. The van der Waals surface area contributed by atoms with Crippen molar-refractivity contribution in [3.8, 4) is 11.1 Å². The van der Waals surface area contributed by atoms with E-state index in [-0.39, 0.29) is 23.9 Å². The van der Waals surface area contributed by atoms with Gasteiger partial charge in [-0.1, -0.05) is 65.7 Å². The third-order valence-electron chi connectivity index (χ3n) is 6.84. The molecule has 1 N–H and O–H groups in total. The normalized spacial score (nSPS) is 15.1. The molecule has 0 bridgehead atoms. The molecule has 1 atom stereocenters. The van der Waals surface area contributed by atoms with Crippen molar-refractivity contribution in [3.63, 3.8) is 0 Å². The van der Waals surface area contributed by atoms with Gasteiger partial charge in [0.2, 0.25) is 5.91 Å². The van der Waals surface area contributed by atoms with Crippen molar-refractivity contribution < 1.29 is 4.79 Å². The van der Waals surface area contributed by atoms with E-state index >= 15 is 0 Å². The van der Waals surface area contributed by atoms with Gasteiger partial charge < -0.3 is 4.98 Å². The number of rotatable bonds is 6. The van der Waals surface area contributed by atoms with E-state index in [4.69, 9.17) is 28.3 Å². The summed E-state index contributed by atoms with van der Waals surface area (Å²) < 4.78 is 0. The molecule has 0 fully saturated rings. The SMILES string of the molecule is O=C(CCc1cscn1)N1N=C(c2c(-c3ccc(Cl)cc3)c3ccccc3[nH]c2=O)C[C@H]1c1ccc(Cl)cc1. The van der Waals surface area contributed by atoms with Gasteiger partial charge in [-0.2, -0.15) is 5.10 Å². The summed E-state index contributed by atoms with van der Waals surface area (Å²) in [6.45, 7) is 0. The van der Waals surface area contributed by atoms with Crippen molar-refractivity contribution in [1.29, 1.82) is 0 Å². The summed E-state index contributed by atoms with van der Waals surface area (Å²) in [4.78, 5) is 34.5. The Kier molecular flexibility index (Phi) is 7.04. The minimum absolute atomic E-state index is 0.136. The monoisotopic (exact) mass is 572 g/mol. The highest BCUT2D eigenvalue weighted by Gasteiger charge is 2.35. The average Bonchev–Trinajstić information content (AvgIpc) is 3.63. The molecule has 2 aromatic heterocycles. The van der Waals surface area contributed by atoms with Crippen LogP contribution in [0.4, 0.5) is 0 Å². The molecule has 3 aromatic carbocycles. The van der Waals surface area contributed by atoms with Crippen LogP contribution < -0.4 is 5.56 Å². The molecule has 39 heavy (non-hydrogen) atoms. The number of hydrogen-bond acceptors (Lipinski definition) is 5. The molecule has 0 spiro atoms. The van der Waals surface area contributed by atoms with E-state index in [9.17, 15) is 9.59 Å². The molecule has 9 heteroatoms. The lowest BCUT2D eigenvalue weighted by atomic mass is 9.91. The number of amides is 1. The molecule has 0 radical (unpaired) electrons. The molecule has 5 aromatic rings. The number of fused-ring (bicyclic) bond motifs is 1. The van der Waals surface area contributed by atoms with Gasteiger partial charge in [-0.05, 0) is 47.9 Å². The van der Waals surface area contributed by atoms with Gasteiger partial charge >= 0.3 is 0 Å². The first-order valence-corrected chi connectivity index (χ1v) is 14.1. The zero-order valence-corrected chi connectivity index (χ0v) is 22.9. The number of carbonyl (C=O) groups excluding carboxylic acids is 1. The zero-order chi connectivity index (χ0) is 26.9. The second-order valence-electron chi connectivity index (χ2n) is 9.29. The van der Waals surface area contributed by atoms with Crippen molar-refractivity contribution in [2.24, 2.45) is 5.10 Å². The van der Waals surface area contributed by atoms with Crippen LogP contribution in [-0.4, -0.2) is 26.6 Å². The van der Waals surface area contributed by atoms with Gasteiger partial charge in [0.15, 0.2) is 0 Å². The zero-order valence-electron chi connectivity index (χ0n) is 20.6. The summed E-state index contributed by atoms with van der Waals surface area (Å²) in [7, 11) is 0. The first kappa shape index (κ1) is 25.5. The molecule has 194 valence electrons. The number of thiazole rings is 1. The van der Waals surface area contributed by atoms with Crippen LogP contribution in [0.2, 0.25) is 10.0 Å². The smallest absolute Gasteiger partial charge is 0.258 e. The van der Waals surface area contributed by atoms with E-state index in [0.29, 0.717) is 34.2 Å². The molecular formula is C30H22Cl2N4O2S. The lowest BCUT2D eigenvalue weighted by Crippen LogP contribution is -2.27. The fourth-order valence-electron chi connectivity index (χ4n) is 4.98. The summed E-state index contributed by atoms with van der Waals surface area (Å²) in [6, 6.07) is 22.1. The number of nitrogens with zero attached hydrogens (tertiary/aromatic N) is 3. The van der Waals surface area contributed by atoms with Gasteiger partial charge in [-0.25, -0.2) is 9.99 Å². The molecule has 0 saturated heterocycles. The fraction of sp³-hybridized carbons (Fsp3) is 0.133. The molecule has 0 unspecified atom stereocenters. The maximum atomic E-state index is 13.6. The second kappa shape index (κ2) is 10.8. The van der Waals surface area contributed by atoms with E-state index in [1.165, 1.54) is 16.3 Å². The lowest BCUT2D eigenvalue weighted by Gasteiger charge is -2.22. The lowest BCUT2D eigenvalue weighted by molar-refractivity contribution is -0.133. The largest absolute Gasteiger partial charge is 0.321 e. The molecule has 1 amide bonds. The highest BCUT2D eigenvalue weighted by molar-refractivity contribution is 7.07. The van der Waals surface area contributed by atoms with Gasteiger partial charge in [-0.3, -0.25) is 9.59 Å². The number of aromatic nitrogens is 2. The van der Waals surface area contributed by atoms with Crippen LogP contribution in [0.5, 0.6) is 0 Å². The first-order valence-electron chi connectivity index (χ1n) is 12.4. The Labute approximate surface area is 238 Å². The van der Waals surface area contributed by atoms with Gasteiger partial charge in [0.05, 0.1) is 28.5 Å². The first-order chi connectivity index (χ1) is 19.0. The number of aromatic amines is 1. The Bertz CT molecular complexity index is 1750. The number of aryl methyl sites for hydroxylation is 1. The van der Waals surface area contributed by atoms with Crippen LogP contribution in [0.1, 0.15) is 35.7 Å². The molecule has 0 aliphatic carbocycles. The summed E-state index contributed by atoms with van der Waals surface area (Å²) in [5.41, 5.74) is 6.59. The van der Waals surface area contributed by atoms with E-state index in [1.807, 2.05) is 53.9 Å². The number of H-pyrrole nitrogens is 1. The Balaban J connectivity index is 1.48. The molecule has 6 nitrogen and oxygen atoms in total. The Morgan fingerprint density at radius 2 is 1.69 bits per heavy atom. The fourth-order valence-corrected chi connectivity index (χ4v) is 5.83. The summed E-state index contributed by atoms with van der Waals surface area (Å²) in [5.74, 6) is -0.136. The highest BCUT2D eigenvalue weighted by Crippen LogP contribution is 2.37. The highest BCUT2D eigenvalue weighted by atomic mass is 35.5. The van der Waals surface area contributed by atoms with Gasteiger partial charge in [0.25, 0.3) is 5.56 Å². The quantitative estimate of drug-likeness (QED) is 0.232. The Hall–Kier alpha value is -3.78. The van der Waals surface area contributed by atoms with Crippen LogP contribution in [0.25, 0.3) is 22.0 Å². The van der Waals surface area contributed by atoms with Crippen LogP contribution in [0.15, 0.2) is 93.6 Å². The maximum Gasteiger partial charge on any atom is 0.258 e. The molecule has 1 aliphatic rings. The maximum absolute atomic E-state index is 13.6. The minimum Gasteiger partial charge on any atom is -0.321 e. The van der Waals surface area contributed by atoms with Crippen molar-refractivity contribution in [2.45, 2.75) is 25.3 Å². The minimum atomic E-state index is -0.371. The Morgan fingerprint density at radius 1 is 0.974 bits per heavy atom. The van der Waals surface area contributed by atoms with Gasteiger partial charge in [0.1, 0.15) is 0 Å². The van der Waals surface area contributed by atoms with Gasteiger partial charge in [-0.15, -0.1) is 11.3 Å². The summed E-state index contributed by atoms with van der Waals surface area (Å²) in [5, 5.41) is 10.4. The van der Waals surface area contributed by atoms with E-state index in [0.717, 1.165) is 33.3 Å². The number of nitrogens with one attached hydrogen (secondary N) is 1. The van der Waals surface area contributed by atoms with Crippen molar-refractivity contribution in [3.05, 3.63) is 121 Å². The standard InChI is InChI=1S/C30H22Cl2N4O2S/c31-20-9-5-18(6-10-20)26-15-25(35-36(26)27(37)14-13-22-16-39-17-33-22)29-28(19-7-11-21(32)12-8-19)23-3-1-2-4-24(23)34-30(29)38/h1-12,16-17,26H,13-15H2,(H,34,38)/t26-/m0/s1. The van der Waals surface area contributed by atoms with E-state index in [2.05, 4.69) is 9.97 Å². The third kappa shape index (κ3) is 5.13.